The lowest BCUT2D eigenvalue weighted by atomic mass is 10.1. The first-order valence-corrected chi connectivity index (χ1v) is 3.09. The minimum Gasteiger partial charge on any atom is -0.412 e. The van der Waals surface area contributed by atoms with Crippen molar-refractivity contribution in [2.24, 2.45) is 0 Å². The standard InChI is InChI=1S/C8H7NO2.H2O/c9-7-4-2-1-3-6(7)8(11)5-10;/h1-5H,9H2;1H2. The lowest BCUT2D eigenvalue weighted by Crippen LogP contribution is -2.03. The summed E-state index contributed by atoms with van der Waals surface area (Å²) in [7, 11) is 0. The number of anilines is 1. The molecule has 12 heavy (non-hydrogen) atoms. The summed E-state index contributed by atoms with van der Waals surface area (Å²) in [5, 5.41) is 0. The molecule has 0 fully saturated rings. The molecular formula is C8H9NO3. The summed E-state index contributed by atoms with van der Waals surface area (Å²) in [4.78, 5) is 20.8. The number of nitrogens with two attached hydrogens (primary N) is 1. The molecule has 0 spiro atoms. The van der Waals surface area contributed by atoms with E-state index in [1.165, 1.54) is 6.07 Å². The first kappa shape index (κ1) is 10.3. The lowest BCUT2D eigenvalue weighted by molar-refractivity contribution is -0.104. The highest BCUT2D eigenvalue weighted by atomic mass is 16.2. The van der Waals surface area contributed by atoms with Crippen LogP contribution in [0.1, 0.15) is 10.4 Å². The topological polar surface area (TPSA) is 91.7 Å². The van der Waals surface area contributed by atoms with Crippen molar-refractivity contribution in [2.75, 3.05) is 5.73 Å². The van der Waals surface area contributed by atoms with Gasteiger partial charge in [-0.25, -0.2) is 0 Å². The minimum absolute atomic E-state index is 0. The van der Waals surface area contributed by atoms with Gasteiger partial charge in [-0.2, -0.15) is 0 Å². The molecule has 0 saturated heterocycles. The molecule has 64 valence electrons. The van der Waals surface area contributed by atoms with Gasteiger partial charge in [0.2, 0.25) is 5.78 Å². The van der Waals surface area contributed by atoms with Gasteiger partial charge in [-0.15, -0.1) is 0 Å². The van der Waals surface area contributed by atoms with Gasteiger partial charge in [0.25, 0.3) is 0 Å². The summed E-state index contributed by atoms with van der Waals surface area (Å²) >= 11 is 0. The van der Waals surface area contributed by atoms with E-state index in [-0.39, 0.29) is 17.3 Å². The van der Waals surface area contributed by atoms with Crippen LogP contribution in [0.5, 0.6) is 0 Å². The number of hydrogen-bond donors (Lipinski definition) is 1. The average Bonchev–Trinajstić information content (AvgIpc) is 2.04. The largest absolute Gasteiger partial charge is 0.412 e. The first-order chi connectivity index (χ1) is 5.25. The summed E-state index contributed by atoms with van der Waals surface area (Å²) in [5.41, 5.74) is 6.02. The van der Waals surface area contributed by atoms with Crippen molar-refractivity contribution in [3.63, 3.8) is 0 Å². The molecular weight excluding hydrogens is 158 g/mol. The molecule has 0 aromatic heterocycles. The number of para-hydroxylation sites is 1. The fourth-order valence-corrected chi connectivity index (χ4v) is 0.785. The summed E-state index contributed by atoms with van der Waals surface area (Å²) in [6.45, 7) is 0. The number of rotatable bonds is 2. The Labute approximate surface area is 69.3 Å². The molecule has 0 radical (unpaired) electrons. The average molecular weight is 167 g/mol. The van der Waals surface area contributed by atoms with Crippen LogP contribution >= 0.6 is 0 Å². The smallest absolute Gasteiger partial charge is 0.227 e. The summed E-state index contributed by atoms with van der Waals surface area (Å²) < 4.78 is 0. The Morgan fingerprint density at radius 2 is 1.92 bits per heavy atom. The van der Waals surface area contributed by atoms with Crippen LogP contribution in [0, 0.1) is 0 Å². The van der Waals surface area contributed by atoms with Crippen molar-refractivity contribution < 1.29 is 15.1 Å². The predicted molar refractivity (Wildman–Crippen MR) is 44.9 cm³/mol. The van der Waals surface area contributed by atoms with Crippen LogP contribution in [0.25, 0.3) is 0 Å². The molecule has 1 aromatic carbocycles. The van der Waals surface area contributed by atoms with Crippen molar-refractivity contribution in [1.29, 1.82) is 0 Å². The molecule has 1 aromatic rings. The molecule has 0 aliphatic heterocycles. The van der Waals surface area contributed by atoms with Gasteiger partial charge in [0.15, 0.2) is 6.29 Å². The summed E-state index contributed by atoms with van der Waals surface area (Å²) in [6.07, 6.45) is 0.256. The van der Waals surface area contributed by atoms with E-state index in [1.807, 2.05) is 0 Å². The van der Waals surface area contributed by atoms with Gasteiger partial charge in [0.05, 0.1) is 0 Å². The Hall–Kier alpha value is -1.68. The number of benzene rings is 1. The second-order valence-corrected chi connectivity index (χ2v) is 2.07. The van der Waals surface area contributed by atoms with Gasteiger partial charge in [0.1, 0.15) is 0 Å². The van der Waals surface area contributed by atoms with Gasteiger partial charge >= 0.3 is 0 Å². The van der Waals surface area contributed by atoms with E-state index in [4.69, 9.17) is 5.73 Å². The zero-order chi connectivity index (χ0) is 8.27. The molecule has 0 amide bonds. The van der Waals surface area contributed by atoms with Crippen molar-refractivity contribution in [1.82, 2.24) is 0 Å². The number of aldehydes is 1. The van der Waals surface area contributed by atoms with E-state index in [2.05, 4.69) is 0 Å². The van der Waals surface area contributed by atoms with Crippen molar-refractivity contribution in [3.05, 3.63) is 29.8 Å². The zero-order valence-electron chi connectivity index (χ0n) is 6.28. The van der Waals surface area contributed by atoms with Gasteiger partial charge < -0.3 is 11.2 Å². The fraction of sp³-hybridized carbons (Fsp3) is 0. The van der Waals surface area contributed by atoms with Crippen molar-refractivity contribution in [3.8, 4) is 0 Å². The number of ketones is 1. The van der Waals surface area contributed by atoms with Crippen molar-refractivity contribution in [2.45, 2.75) is 0 Å². The van der Waals surface area contributed by atoms with Crippen LogP contribution in [0.3, 0.4) is 0 Å². The maximum atomic E-state index is 10.8. The van der Waals surface area contributed by atoms with Crippen LogP contribution < -0.4 is 5.73 Å². The van der Waals surface area contributed by atoms with Gasteiger partial charge in [-0.1, -0.05) is 12.1 Å². The molecule has 4 nitrogen and oxygen atoms in total. The summed E-state index contributed by atoms with van der Waals surface area (Å²) in [5.74, 6) is -0.580. The predicted octanol–water partition coefficient (Wildman–Crippen LogP) is -0.174. The second-order valence-electron chi connectivity index (χ2n) is 2.07. The molecule has 0 unspecified atom stereocenters. The van der Waals surface area contributed by atoms with Crippen LogP contribution in [-0.2, 0) is 4.79 Å². The van der Waals surface area contributed by atoms with Gasteiger partial charge in [-0.3, -0.25) is 9.59 Å². The number of nitrogen functional groups attached to an aromatic ring is 1. The van der Waals surface area contributed by atoms with Crippen LogP contribution in [-0.4, -0.2) is 17.5 Å². The van der Waals surface area contributed by atoms with Crippen LogP contribution in [0.4, 0.5) is 5.69 Å². The van der Waals surface area contributed by atoms with E-state index < -0.39 is 5.78 Å². The Kier molecular flexibility index (Phi) is 3.66. The van der Waals surface area contributed by atoms with Crippen molar-refractivity contribution >= 4 is 17.8 Å². The number of carbonyl (C=O) groups is 2. The molecule has 0 saturated carbocycles. The Bertz CT molecular complexity index is 296. The summed E-state index contributed by atoms with van der Waals surface area (Å²) in [6, 6.07) is 6.47. The molecule has 0 bridgehead atoms. The maximum absolute atomic E-state index is 10.8. The molecule has 0 aliphatic carbocycles. The number of hydrogen-bond acceptors (Lipinski definition) is 3. The third-order valence-electron chi connectivity index (χ3n) is 1.33. The third kappa shape index (κ3) is 1.90. The second kappa shape index (κ2) is 4.25. The Morgan fingerprint density at radius 3 is 2.42 bits per heavy atom. The maximum Gasteiger partial charge on any atom is 0.227 e. The highest BCUT2D eigenvalue weighted by molar-refractivity contribution is 6.34. The van der Waals surface area contributed by atoms with E-state index in [1.54, 1.807) is 18.2 Å². The first-order valence-electron chi connectivity index (χ1n) is 3.09. The number of carbonyl (C=O) groups excluding carboxylic acids is 2. The molecule has 0 atom stereocenters. The third-order valence-corrected chi connectivity index (χ3v) is 1.33. The molecule has 0 aliphatic rings. The van der Waals surface area contributed by atoms with Gasteiger partial charge in [-0.05, 0) is 12.1 Å². The SMILES string of the molecule is Nc1ccccc1C(=O)C=O.O. The molecule has 4 N–H and O–H groups in total. The lowest BCUT2D eigenvalue weighted by Gasteiger charge is -1.97. The van der Waals surface area contributed by atoms with E-state index in [0.29, 0.717) is 5.69 Å². The van der Waals surface area contributed by atoms with E-state index in [0.717, 1.165) is 0 Å². The van der Waals surface area contributed by atoms with Crippen LogP contribution in [0.2, 0.25) is 0 Å². The molecule has 1 rings (SSSR count). The molecule has 0 heterocycles. The van der Waals surface area contributed by atoms with E-state index >= 15 is 0 Å². The quantitative estimate of drug-likeness (QED) is 0.287. The zero-order valence-corrected chi connectivity index (χ0v) is 6.28. The highest BCUT2D eigenvalue weighted by Gasteiger charge is 2.05. The number of Topliss-reactive ketones (excluding diaryl/α,β-unsaturated/α-hetero) is 1. The fourth-order valence-electron chi connectivity index (χ4n) is 0.785. The normalized spacial score (nSPS) is 8.33. The Morgan fingerprint density at radius 1 is 1.33 bits per heavy atom. The van der Waals surface area contributed by atoms with Gasteiger partial charge in [0, 0.05) is 11.3 Å². The minimum atomic E-state index is -0.580. The highest BCUT2D eigenvalue weighted by Crippen LogP contribution is 2.09. The van der Waals surface area contributed by atoms with E-state index in [9.17, 15) is 9.59 Å². The Balaban J connectivity index is 0.00000121. The monoisotopic (exact) mass is 167 g/mol. The molecule has 4 heteroatoms. The van der Waals surface area contributed by atoms with Crippen LogP contribution in [0.15, 0.2) is 24.3 Å².